The largest absolute Gasteiger partial charge is 0.493 e. The summed E-state index contributed by atoms with van der Waals surface area (Å²) < 4.78 is 16.5. The molecule has 1 unspecified atom stereocenters. The number of amides is 1. The number of hydrogen-bond donors (Lipinski definition) is 0. The van der Waals surface area contributed by atoms with Gasteiger partial charge in [-0.1, -0.05) is 35.5 Å². The predicted molar refractivity (Wildman–Crippen MR) is 111 cm³/mol. The number of aromatic nitrogens is 1. The van der Waals surface area contributed by atoms with E-state index >= 15 is 0 Å². The van der Waals surface area contributed by atoms with Crippen molar-refractivity contribution in [1.29, 1.82) is 0 Å². The SMILES string of the molecule is COc1cc2c(cc1OC)C(c1ccccc1)N(C(=O)c1cc(C3CC3)on1)CC2. The highest BCUT2D eigenvalue weighted by molar-refractivity contribution is 5.93. The van der Waals surface area contributed by atoms with E-state index in [2.05, 4.69) is 17.3 Å². The molecule has 3 aromatic rings. The minimum Gasteiger partial charge on any atom is -0.493 e. The van der Waals surface area contributed by atoms with Crippen molar-refractivity contribution in [1.82, 2.24) is 10.1 Å². The molecule has 2 aliphatic rings. The highest BCUT2D eigenvalue weighted by Gasteiger charge is 2.36. The molecule has 2 aromatic carbocycles. The van der Waals surface area contributed by atoms with Gasteiger partial charge in [0.2, 0.25) is 0 Å². The van der Waals surface area contributed by atoms with Gasteiger partial charge in [-0.25, -0.2) is 0 Å². The van der Waals surface area contributed by atoms with Gasteiger partial charge < -0.3 is 18.9 Å². The van der Waals surface area contributed by atoms with E-state index in [1.807, 2.05) is 41.3 Å². The summed E-state index contributed by atoms with van der Waals surface area (Å²) in [6.45, 7) is 0.590. The lowest BCUT2D eigenvalue weighted by atomic mass is 9.87. The number of nitrogens with zero attached hydrogens (tertiary/aromatic N) is 2. The van der Waals surface area contributed by atoms with Crippen LogP contribution in [0.5, 0.6) is 11.5 Å². The molecule has 1 aliphatic heterocycles. The van der Waals surface area contributed by atoms with Crippen LogP contribution in [0.2, 0.25) is 0 Å². The molecule has 1 aliphatic carbocycles. The molecule has 6 nitrogen and oxygen atoms in total. The molecule has 1 saturated carbocycles. The van der Waals surface area contributed by atoms with Crippen LogP contribution in [-0.2, 0) is 6.42 Å². The molecule has 0 radical (unpaired) electrons. The van der Waals surface area contributed by atoms with Crippen molar-refractivity contribution in [3.05, 3.63) is 76.7 Å². The molecule has 1 fully saturated rings. The fourth-order valence-electron chi connectivity index (χ4n) is 4.26. The number of carbonyl (C=O) groups is 1. The third kappa shape index (κ3) is 3.22. The minimum absolute atomic E-state index is 0.111. The molecule has 1 atom stereocenters. The fourth-order valence-corrected chi connectivity index (χ4v) is 4.26. The summed E-state index contributed by atoms with van der Waals surface area (Å²) in [5.74, 6) is 2.48. The van der Waals surface area contributed by atoms with Crippen LogP contribution in [-0.4, -0.2) is 36.7 Å². The van der Waals surface area contributed by atoms with Gasteiger partial charge in [-0.05, 0) is 48.1 Å². The van der Waals surface area contributed by atoms with Crippen molar-refractivity contribution in [3.63, 3.8) is 0 Å². The summed E-state index contributed by atoms with van der Waals surface area (Å²) in [4.78, 5) is 15.4. The number of fused-ring (bicyclic) bond motifs is 1. The Kier molecular flexibility index (Phi) is 4.69. The first-order valence-electron chi connectivity index (χ1n) is 10.3. The van der Waals surface area contributed by atoms with Crippen molar-refractivity contribution in [2.24, 2.45) is 0 Å². The molecule has 0 bridgehead atoms. The molecule has 1 aromatic heterocycles. The van der Waals surface area contributed by atoms with E-state index in [0.717, 1.165) is 41.7 Å². The maximum absolute atomic E-state index is 13.5. The second-order valence-electron chi connectivity index (χ2n) is 7.86. The van der Waals surface area contributed by atoms with E-state index < -0.39 is 0 Å². The number of benzene rings is 2. The number of carbonyl (C=O) groups excluding carboxylic acids is 1. The number of hydrogen-bond acceptors (Lipinski definition) is 5. The molecule has 2 heterocycles. The third-order valence-corrected chi connectivity index (χ3v) is 5.98. The summed E-state index contributed by atoms with van der Waals surface area (Å²) in [6, 6.07) is 15.7. The first kappa shape index (κ1) is 18.7. The molecule has 0 spiro atoms. The van der Waals surface area contributed by atoms with Gasteiger partial charge in [-0.3, -0.25) is 4.79 Å². The average molecular weight is 404 g/mol. The van der Waals surface area contributed by atoms with Crippen LogP contribution in [0.3, 0.4) is 0 Å². The van der Waals surface area contributed by atoms with Crippen LogP contribution >= 0.6 is 0 Å². The monoisotopic (exact) mass is 404 g/mol. The van der Waals surface area contributed by atoms with E-state index in [-0.39, 0.29) is 11.9 Å². The van der Waals surface area contributed by atoms with Crippen LogP contribution in [0.25, 0.3) is 0 Å². The zero-order valence-electron chi connectivity index (χ0n) is 17.1. The molecule has 154 valence electrons. The Morgan fingerprint density at radius 2 is 1.80 bits per heavy atom. The Morgan fingerprint density at radius 3 is 2.50 bits per heavy atom. The van der Waals surface area contributed by atoms with Crippen molar-refractivity contribution < 1.29 is 18.8 Å². The normalized spacial score (nSPS) is 18.1. The van der Waals surface area contributed by atoms with Gasteiger partial charge in [-0.2, -0.15) is 0 Å². The summed E-state index contributed by atoms with van der Waals surface area (Å²) in [7, 11) is 3.27. The van der Waals surface area contributed by atoms with Crippen LogP contribution in [0, 0.1) is 0 Å². The molecule has 0 saturated heterocycles. The van der Waals surface area contributed by atoms with E-state index in [1.54, 1.807) is 14.2 Å². The molecule has 6 heteroatoms. The standard InChI is InChI=1S/C24H24N2O4/c1-28-21-12-17-10-11-26(24(27)19-14-20(30-25-19)15-8-9-15)23(16-6-4-3-5-7-16)18(17)13-22(21)29-2/h3-7,12-15,23H,8-11H2,1-2H3. The van der Waals surface area contributed by atoms with Crippen molar-refractivity contribution in [2.75, 3.05) is 20.8 Å². The topological polar surface area (TPSA) is 64.8 Å². The van der Waals surface area contributed by atoms with Crippen LogP contribution in [0.15, 0.2) is 53.1 Å². The first-order chi connectivity index (χ1) is 14.7. The zero-order valence-corrected chi connectivity index (χ0v) is 17.1. The summed E-state index contributed by atoms with van der Waals surface area (Å²) >= 11 is 0. The highest BCUT2D eigenvalue weighted by atomic mass is 16.5. The van der Waals surface area contributed by atoms with Crippen molar-refractivity contribution >= 4 is 5.91 Å². The first-order valence-corrected chi connectivity index (χ1v) is 10.3. The maximum Gasteiger partial charge on any atom is 0.276 e. The Morgan fingerprint density at radius 1 is 1.07 bits per heavy atom. The van der Waals surface area contributed by atoms with Gasteiger partial charge in [0.1, 0.15) is 5.76 Å². The van der Waals surface area contributed by atoms with E-state index in [4.69, 9.17) is 14.0 Å². The lowest BCUT2D eigenvalue weighted by Gasteiger charge is -2.37. The fraction of sp³-hybridized carbons (Fsp3) is 0.333. The average Bonchev–Trinajstić information content (AvgIpc) is 3.53. The quantitative estimate of drug-likeness (QED) is 0.632. The van der Waals surface area contributed by atoms with Gasteiger partial charge in [0.05, 0.1) is 20.3 Å². The molecule has 0 N–H and O–H groups in total. The second kappa shape index (κ2) is 7.52. The zero-order chi connectivity index (χ0) is 20.7. The van der Waals surface area contributed by atoms with Gasteiger partial charge in [-0.15, -0.1) is 0 Å². The number of rotatable bonds is 5. The van der Waals surface area contributed by atoms with Crippen LogP contribution in [0.1, 0.15) is 57.7 Å². The Hall–Kier alpha value is -3.28. The van der Waals surface area contributed by atoms with Crippen LogP contribution < -0.4 is 9.47 Å². The minimum atomic E-state index is -0.233. The van der Waals surface area contributed by atoms with E-state index in [9.17, 15) is 4.79 Å². The molecular weight excluding hydrogens is 380 g/mol. The summed E-state index contributed by atoms with van der Waals surface area (Å²) in [5.41, 5.74) is 3.63. The second-order valence-corrected chi connectivity index (χ2v) is 7.86. The predicted octanol–water partition coefficient (Wildman–Crippen LogP) is 4.36. The number of methoxy groups -OCH3 is 2. The molecule has 5 rings (SSSR count). The Balaban J connectivity index is 1.58. The van der Waals surface area contributed by atoms with E-state index in [0.29, 0.717) is 29.7 Å². The Labute approximate surface area is 175 Å². The van der Waals surface area contributed by atoms with Gasteiger partial charge in [0.25, 0.3) is 5.91 Å². The Bertz CT molecular complexity index is 1070. The maximum atomic E-state index is 13.5. The lowest BCUT2D eigenvalue weighted by molar-refractivity contribution is 0.0683. The van der Waals surface area contributed by atoms with Crippen molar-refractivity contribution in [2.45, 2.75) is 31.2 Å². The molecular formula is C24H24N2O4. The van der Waals surface area contributed by atoms with Gasteiger partial charge >= 0.3 is 0 Å². The number of ether oxygens (including phenoxy) is 2. The lowest BCUT2D eigenvalue weighted by Crippen LogP contribution is -2.40. The highest BCUT2D eigenvalue weighted by Crippen LogP contribution is 2.43. The summed E-state index contributed by atoms with van der Waals surface area (Å²) in [5, 5.41) is 4.09. The third-order valence-electron chi connectivity index (χ3n) is 5.98. The summed E-state index contributed by atoms with van der Waals surface area (Å²) in [6.07, 6.45) is 2.94. The van der Waals surface area contributed by atoms with Gasteiger partial charge in [0.15, 0.2) is 17.2 Å². The van der Waals surface area contributed by atoms with Gasteiger partial charge in [0, 0.05) is 18.5 Å². The molecule has 1 amide bonds. The van der Waals surface area contributed by atoms with Crippen LogP contribution in [0.4, 0.5) is 0 Å². The van der Waals surface area contributed by atoms with E-state index in [1.165, 1.54) is 0 Å². The van der Waals surface area contributed by atoms with Crippen molar-refractivity contribution in [3.8, 4) is 11.5 Å². The smallest absolute Gasteiger partial charge is 0.276 e. The molecule has 30 heavy (non-hydrogen) atoms.